The third kappa shape index (κ3) is 3.81. The minimum Gasteiger partial charge on any atom is -0.310 e. The van der Waals surface area contributed by atoms with E-state index < -0.39 is 10.0 Å². The lowest BCUT2D eigenvalue weighted by molar-refractivity contribution is 0.372. The van der Waals surface area contributed by atoms with Gasteiger partial charge in [0.15, 0.2) is 0 Å². The molecule has 1 aromatic rings. The van der Waals surface area contributed by atoms with Gasteiger partial charge < -0.3 is 5.32 Å². The van der Waals surface area contributed by atoms with E-state index in [0.717, 1.165) is 12.1 Å². The number of nitrogens with one attached hydrogen (secondary N) is 1. The van der Waals surface area contributed by atoms with Gasteiger partial charge in [0, 0.05) is 26.7 Å². The smallest absolute Gasteiger partial charge is 0.242 e. The van der Waals surface area contributed by atoms with Crippen molar-refractivity contribution in [2.45, 2.75) is 49.6 Å². The second kappa shape index (κ2) is 6.70. The summed E-state index contributed by atoms with van der Waals surface area (Å²) in [6.45, 7) is 0.812. The van der Waals surface area contributed by atoms with Crippen molar-refractivity contribution in [2.24, 2.45) is 0 Å². The summed E-state index contributed by atoms with van der Waals surface area (Å²) in [5, 5.41) is 3.56. The molecule has 1 fully saturated rings. The Labute approximate surface area is 122 Å². The monoisotopic (exact) mass is 296 g/mol. The molecule has 5 heteroatoms. The molecule has 0 amide bonds. The van der Waals surface area contributed by atoms with Gasteiger partial charge in [-0.3, -0.25) is 0 Å². The van der Waals surface area contributed by atoms with Crippen molar-refractivity contribution in [2.75, 3.05) is 14.1 Å². The van der Waals surface area contributed by atoms with E-state index in [9.17, 15) is 8.42 Å². The van der Waals surface area contributed by atoms with Gasteiger partial charge in [-0.25, -0.2) is 12.7 Å². The van der Waals surface area contributed by atoms with Gasteiger partial charge in [-0.2, -0.15) is 0 Å². The van der Waals surface area contributed by atoms with Crippen LogP contribution in [0.25, 0.3) is 0 Å². The molecule has 1 aromatic carbocycles. The number of hydrogen-bond acceptors (Lipinski definition) is 3. The molecule has 2 rings (SSSR count). The van der Waals surface area contributed by atoms with Crippen LogP contribution in [-0.4, -0.2) is 32.9 Å². The number of hydrogen-bond donors (Lipinski definition) is 1. The summed E-state index contributed by atoms with van der Waals surface area (Å²) in [5.74, 6) is 0. The first-order valence-electron chi connectivity index (χ1n) is 7.25. The molecular weight excluding hydrogens is 272 g/mol. The number of benzene rings is 1. The number of sulfonamides is 1. The summed E-state index contributed by atoms with van der Waals surface area (Å²) in [4.78, 5) is 0.351. The van der Waals surface area contributed by atoms with E-state index in [1.807, 2.05) is 12.1 Å². The van der Waals surface area contributed by atoms with Crippen molar-refractivity contribution in [3.63, 3.8) is 0 Å². The summed E-state index contributed by atoms with van der Waals surface area (Å²) in [6, 6.07) is 7.78. The molecule has 0 saturated heterocycles. The van der Waals surface area contributed by atoms with E-state index in [1.54, 1.807) is 26.2 Å². The fourth-order valence-corrected chi connectivity index (χ4v) is 3.46. The highest BCUT2D eigenvalue weighted by Crippen LogP contribution is 2.18. The molecule has 1 N–H and O–H groups in total. The molecule has 4 nitrogen and oxygen atoms in total. The molecular formula is C15H24N2O2S. The lowest BCUT2D eigenvalue weighted by Gasteiger charge is -2.22. The zero-order valence-corrected chi connectivity index (χ0v) is 13.1. The quantitative estimate of drug-likeness (QED) is 0.907. The maximum Gasteiger partial charge on any atom is 0.242 e. The minimum absolute atomic E-state index is 0.351. The summed E-state index contributed by atoms with van der Waals surface area (Å²) in [7, 11) is -0.217. The molecule has 0 unspecified atom stereocenters. The zero-order chi connectivity index (χ0) is 14.6. The third-order valence-corrected chi connectivity index (χ3v) is 5.73. The first-order chi connectivity index (χ1) is 9.50. The molecule has 20 heavy (non-hydrogen) atoms. The molecule has 0 spiro atoms. The van der Waals surface area contributed by atoms with Crippen molar-refractivity contribution in [3.05, 3.63) is 29.8 Å². The Morgan fingerprint density at radius 1 is 1.10 bits per heavy atom. The molecule has 1 aliphatic rings. The van der Waals surface area contributed by atoms with Crippen molar-refractivity contribution >= 4 is 10.0 Å². The van der Waals surface area contributed by atoms with Crippen LogP contribution in [0.1, 0.15) is 37.7 Å². The first kappa shape index (κ1) is 15.5. The van der Waals surface area contributed by atoms with E-state index >= 15 is 0 Å². The molecule has 0 atom stereocenters. The van der Waals surface area contributed by atoms with Gasteiger partial charge in [0.2, 0.25) is 10.0 Å². The highest BCUT2D eigenvalue weighted by atomic mass is 32.2. The van der Waals surface area contributed by atoms with Crippen molar-refractivity contribution in [1.82, 2.24) is 9.62 Å². The van der Waals surface area contributed by atoms with Crippen LogP contribution in [0, 0.1) is 0 Å². The van der Waals surface area contributed by atoms with Crippen LogP contribution in [0.4, 0.5) is 0 Å². The molecule has 0 bridgehead atoms. The van der Waals surface area contributed by atoms with Crippen LogP contribution >= 0.6 is 0 Å². The van der Waals surface area contributed by atoms with Crippen molar-refractivity contribution in [1.29, 1.82) is 0 Å². The third-order valence-electron chi connectivity index (χ3n) is 3.90. The second-order valence-electron chi connectivity index (χ2n) is 5.65. The Kier molecular flexibility index (Phi) is 5.18. The molecule has 0 aliphatic heterocycles. The van der Waals surface area contributed by atoms with E-state index in [2.05, 4.69) is 5.32 Å². The zero-order valence-electron chi connectivity index (χ0n) is 12.3. The normalized spacial score (nSPS) is 17.6. The van der Waals surface area contributed by atoms with Crippen LogP contribution in [0.5, 0.6) is 0 Å². The van der Waals surface area contributed by atoms with Crippen LogP contribution in [-0.2, 0) is 16.6 Å². The Morgan fingerprint density at radius 3 is 2.25 bits per heavy atom. The van der Waals surface area contributed by atoms with Gasteiger partial charge in [0.25, 0.3) is 0 Å². The van der Waals surface area contributed by atoms with Gasteiger partial charge in [0.1, 0.15) is 0 Å². The standard InChI is InChI=1S/C15H24N2O2S/c1-17(2)20(18,19)15-10-8-13(9-11-15)12-16-14-6-4-3-5-7-14/h8-11,14,16H,3-7,12H2,1-2H3. The Morgan fingerprint density at radius 2 is 1.70 bits per heavy atom. The largest absolute Gasteiger partial charge is 0.310 e. The van der Waals surface area contributed by atoms with Gasteiger partial charge in [-0.15, -0.1) is 0 Å². The van der Waals surface area contributed by atoms with Crippen LogP contribution in [0.15, 0.2) is 29.2 Å². The molecule has 1 aliphatic carbocycles. The highest BCUT2D eigenvalue weighted by molar-refractivity contribution is 7.89. The highest BCUT2D eigenvalue weighted by Gasteiger charge is 2.17. The summed E-state index contributed by atoms with van der Waals surface area (Å²) < 4.78 is 25.2. The first-order valence-corrected chi connectivity index (χ1v) is 8.69. The summed E-state index contributed by atoms with van der Waals surface area (Å²) in [6.07, 6.45) is 6.50. The number of nitrogens with zero attached hydrogens (tertiary/aromatic N) is 1. The van der Waals surface area contributed by atoms with E-state index in [4.69, 9.17) is 0 Å². The lowest BCUT2D eigenvalue weighted by atomic mass is 9.95. The summed E-state index contributed by atoms with van der Waals surface area (Å²) >= 11 is 0. The Balaban J connectivity index is 1.94. The van der Waals surface area contributed by atoms with Gasteiger partial charge in [-0.05, 0) is 30.5 Å². The average Bonchev–Trinajstić information content (AvgIpc) is 2.46. The van der Waals surface area contributed by atoms with Crippen molar-refractivity contribution in [3.8, 4) is 0 Å². The van der Waals surface area contributed by atoms with E-state index in [0.29, 0.717) is 10.9 Å². The SMILES string of the molecule is CN(C)S(=O)(=O)c1ccc(CNC2CCCCC2)cc1. The maximum absolute atomic E-state index is 12.0. The minimum atomic E-state index is -3.32. The van der Waals surface area contributed by atoms with Crippen molar-refractivity contribution < 1.29 is 8.42 Å². The Bertz CT molecular complexity index is 517. The van der Waals surface area contributed by atoms with Crippen LogP contribution in [0.2, 0.25) is 0 Å². The maximum atomic E-state index is 12.0. The molecule has 1 saturated carbocycles. The molecule has 0 aromatic heterocycles. The van der Waals surface area contributed by atoms with Gasteiger partial charge in [0.05, 0.1) is 4.90 Å². The molecule has 0 radical (unpaired) electrons. The summed E-state index contributed by atoms with van der Waals surface area (Å²) in [5.41, 5.74) is 1.13. The van der Waals surface area contributed by atoms with E-state index in [-0.39, 0.29) is 0 Å². The fraction of sp³-hybridized carbons (Fsp3) is 0.600. The van der Waals surface area contributed by atoms with Gasteiger partial charge >= 0.3 is 0 Å². The van der Waals surface area contributed by atoms with Crippen LogP contribution in [0.3, 0.4) is 0 Å². The average molecular weight is 296 g/mol. The second-order valence-corrected chi connectivity index (χ2v) is 7.80. The number of rotatable bonds is 5. The predicted octanol–water partition coefficient (Wildman–Crippen LogP) is 2.36. The fourth-order valence-electron chi connectivity index (χ4n) is 2.56. The predicted molar refractivity (Wildman–Crippen MR) is 81.0 cm³/mol. The molecule has 112 valence electrons. The topological polar surface area (TPSA) is 49.4 Å². The van der Waals surface area contributed by atoms with E-state index in [1.165, 1.54) is 36.4 Å². The van der Waals surface area contributed by atoms with Crippen LogP contribution < -0.4 is 5.32 Å². The lowest BCUT2D eigenvalue weighted by Crippen LogP contribution is -2.30. The molecule has 0 heterocycles. The Hall–Kier alpha value is -0.910. The van der Waals surface area contributed by atoms with Gasteiger partial charge in [-0.1, -0.05) is 31.4 Å².